The van der Waals surface area contributed by atoms with Crippen LogP contribution in [0.5, 0.6) is 0 Å². The lowest BCUT2D eigenvalue weighted by molar-refractivity contribution is -0.121. The van der Waals surface area contributed by atoms with E-state index in [-0.39, 0.29) is 18.0 Å². The zero-order valence-corrected chi connectivity index (χ0v) is 12.9. The highest BCUT2D eigenvalue weighted by Gasteiger charge is 2.09. The lowest BCUT2D eigenvalue weighted by Gasteiger charge is -2.16. The summed E-state index contributed by atoms with van der Waals surface area (Å²) < 4.78 is 4.99. The van der Waals surface area contributed by atoms with Gasteiger partial charge in [0.1, 0.15) is 0 Å². The fraction of sp³-hybridized carbons (Fsp3) is 0.562. The summed E-state index contributed by atoms with van der Waals surface area (Å²) in [6.45, 7) is 6.97. The van der Waals surface area contributed by atoms with E-state index in [1.807, 2.05) is 6.92 Å². The first kappa shape index (κ1) is 16.7. The highest BCUT2D eigenvalue weighted by Crippen LogP contribution is 2.13. The molecule has 1 aromatic carbocycles. The van der Waals surface area contributed by atoms with Crippen molar-refractivity contribution in [2.45, 2.75) is 39.3 Å². The van der Waals surface area contributed by atoms with Gasteiger partial charge in [-0.15, -0.1) is 0 Å². The van der Waals surface area contributed by atoms with Crippen LogP contribution in [0.3, 0.4) is 0 Å². The van der Waals surface area contributed by atoms with E-state index in [4.69, 9.17) is 4.74 Å². The van der Waals surface area contributed by atoms with Crippen LogP contribution in [0, 0.1) is 0 Å². The maximum absolute atomic E-state index is 11.7. The number of aryl methyl sites for hydroxylation is 1. The van der Waals surface area contributed by atoms with Crippen molar-refractivity contribution in [3.05, 3.63) is 35.4 Å². The molecule has 0 aromatic heterocycles. The molecular weight excluding hydrogens is 252 g/mol. The van der Waals surface area contributed by atoms with Gasteiger partial charge in [-0.3, -0.25) is 4.79 Å². The molecule has 4 nitrogen and oxygen atoms in total. The number of carbonyl (C=O) groups excluding carboxylic acids is 1. The van der Waals surface area contributed by atoms with Crippen molar-refractivity contribution < 1.29 is 9.53 Å². The van der Waals surface area contributed by atoms with Gasteiger partial charge < -0.3 is 15.4 Å². The minimum Gasteiger partial charge on any atom is -0.383 e. The van der Waals surface area contributed by atoms with Crippen molar-refractivity contribution in [1.29, 1.82) is 0 Å². The monoisotopic (exact) mass is 278 g/mol. The Hall–Kier alpha value is -1.39. The minimum atomic E-state index is -0.00780. The maximum atomic E-state index is 11.7. The number of hydrogen-bond acceptors (Lipinski definition) is 3. The highest BCUT2D eigenvalue weighted by molar-refractivity contribution is 5.78. The SMILES string of the molecule is CCc1ccc(C(C)NCC(=O)NC(C)COC)cc1. The molecule has 2 unspecified atom stereocenters. The minimum absolute atomic E-state index is 0.00780. The molecule has 4 heteroatoms. The van der Waals surface area contributed by atoms with Crippen molar-refractivity contribution in [2.75, 3.05) is 20.3 Å². The fourth-order valence-electron chi connectivity index (χ4n) is 2.02. The largest absolute Gasteiger partial charge is 0.383 e. The Kier molecular flexibility index (Phi) is 7.26. The van der Waals surface area contributed by atoms with Gasteiger partial charge in [-0.2, -0.15) is 0 Å². The summed E-state index contributed by atoms with van der Waals surface area (Å²) in [6.07, 6.45) is 1.04. The van der Waals surface area contributed by atoms with Crippen LogP contribution in [0.1, 0.15) is 37.9 Å². The second kappa shape index (κ2) is 8.72. The molecule has 20 heavy (non-hydrogen) atoms. The molecule has 2 atom stereocenters. The Balaban J connectivity index is 2.38. The average Bonchev–Trinajstić information content (AvgIpc) is 2.45. The summed E-state index contributed by atoms with van der Waals surface area (Å²) in [5.74, 6) is -0.00780. The molecular formula is C16H26N2O2. The van der Waals surface area contributed by atoms with Crippen LogP contribution in [-0.4, -0.2) is 32.2 Å². The number of hydrogen-bond donors (Lipinski definition) is 2. The second-order valence-corrected chi connectivity index (χ2v) is 5.12. The van der Waals surface area contributed by atoms with E-state index in [0.717, 1.165) is 6.42 Å². The van der Waals surface area contributed by atoms with Gasteiger partial charge in [-0.05, 0) is 31.4 Å². The Bertz CT molecular complexity index is 403. The van der Waals surface area contributed by atoms with Crippen molar-refractivity contribution >= 4 is 5.91 Å². The molecule has 0 aliphatic heterocycles. The first-order valence-electron chi connectivity index (χ1n) is 7.17. The second-order valence-electron chi connectivity index (χ2n) is 5.12. The van der Waals surface area contributed by atoms with Gasteiger partial charge in [0.25, 0.3) is 0 Å². The molecule has 1 aromatic rings. The van der Waals surface area contributed by atoms with Crippen LogP contribution in [0.4, 0.5) is 0 Å². The van der Waals surface area contributed by atoms with Crippen molar-refractivity contribution in [3.8, 4) is 0 Å². The van der Waals surface area contributed by atoms with E-state index < -0.39 is 0 Å². The molecule has 0 aliphatic carbocycles. The standard InChI is InChI=1S/C16H26N2O2/c1-5-14-6-8-15(9-7-14)13(3)17-10-16(19)18-12(2)11-20-4/h6-9,12-13,17H,5,10-11H2,1-4H3,(H,18,19). The predicted octanol–water partition coefficient (Wildman–Crippen LogP) is 2.05. The molecule has 1 amide bonds. The lowest BCUT2D eigenvalue weighted by atomic mass is 10.1. The summed E-state index contributed by atoms with van der Waals surface area (Å²) in [4.78, 5) is 11.7. The molecule has 112 valence electrons. The molecule has 0 heterocycles. The van der Waals surface area contributed by atoms with E-state index in [9.17, 15) is 4.79 Å². The number of amides is 1. The van der Waals surface area contributed by atoms with Crippen molar-refractivity contribution in [2.24, 2.45) is 0 Å². The number of methoxy groups -OCH3 is 1. The number of nitrogens with one attached hydrogen (secondary N) is 2. The highest BCUT2D eigenvalue weighted by atomic mass is 16.5. The number of benzene rings is 1. The molecule has 2 N–H and O–H groups in total. The normalized spacial score (nSPS) is 13.8. The third-order valence-electron chi connectivity index (χ3n) is 3.28. The first-order valence-corrected chi connectivity index (χ1v) is 7.17. The average molecular weight is 278 g/mol. The smallest absolute Gasteiger partial charge is 0.234 e. The third kappa shape index (κ3) is 5.72. The van der Waals surface area contributed by atoms with Gasteiger partial charge in [-0.1, -0.05) is 31.2 Å². The Labute approximate surface area is 121 Å². The van der Waals surface area contributed by atoms with Gasteiger partial charge in [-0.25, -0.2) is 0 Å². The topological polar surface area (TPSA) is 50.4 Å². The predicted molar refractivity (Wildman–Crippen MR) is 81.7 cm³/mol. The summed E-state index contributed by atoms with van der Waals surface area (Å²) in [5.41, 5.74) is 2.52. The molecule has 0 bridgehead atoms. The fourth-order valence-corrected chi connectivity index (χ4v) is 2.02. The van der Waals surface area contributed by atoms with E-state index in [1.165, 1.54) is 11.1 Å². The van der Waals surface area contributed by atoms with E-state index in [0.29, 0.717) is 13.2 Å². The number of ether oxygens (including phenoxy) is 1. The Morgan fingerprint density at radius 1 is 1.25 bits per heavy atom. The molecule has 1 rings (SSSR count). The van der Waals surface area contributed by atoms with Crippen LogP contribution in [0.25, 0.3) is 0 Å². The lowest BCUT2D eigenvalue weighted by Crippen LogP contribution is -2.41. The van der Waals surface area contributed by atoms with Crippen molar-refractivity contribution in [3.63, 3.8) is 0 Å². The van der Waals surface area contributed by atoms with Crippen LogP contribution in [0.15, 0.2) is 24.3 Å². The summed E-state index contributed by atoms with van der Waals surface area (Å²) in [7, 11) is 1.63. The van der Waals surface area contributed by atoms with E-state index >= 15 is 0 Å². The summed E-state index contributed by atoms with van der Waals surface area (Å²) in [5, 5.41) is 6.11. The molecule has 0 saturated heterocycles. The van der Waals surface area contributed by atoms with Gasteiger partial charge in [0.15, 0.2) is 0 Å². The van der Waals surface area contributed by atoms with Crippen LogP contribution >= 0.6 is 0 Å². The molecule has 0 fully saturated rings. The maximum Gasteiger partial charge on any atom is 0.234 e. The first-order chi connectivity index (χ1) is 9.56. The summed E-state index contributed by atoms with van der Waals surface area (Å²) >= 11 is 0. The van der Waals surface area contributed by atoms with Gasteiger partial charge >= 0.3 is 0 Å². The molecule has 0 saturated carbocycles. The van der Waals surface area contributed by atoms with Gasteiger partial charge in [0.05, 0.1) is 13.2 Å². The summed E-state index contributed by atoms with van der Waals surface area (Å²) in [6, 6.07) is 8.68. The van der Waals surface area contributed by atoms with Crippen LogP contribution in [0.2, 0.25) is 0 Å². The van der Waals surface area contributed by atoms with Gasteiger partial charge in [0, 0.05) is 19.2 Å². The quantitative estimate of drug-likeness (QED) is 0.765. The zero-order valence-electron chi connectivity index (χ0n) is 12.9. The molecule has 0 aliphatic rings. The Morgan fingerprint density at radius 2 is 1.90 bits per heavy atom. The third-order valence-corrected chi connectivity index (χ3v) is 3.28. The number of rotatable bonds is 8. The zero-order chi connectivity index (χ0) is 15.0. The van der Waals surface area contributed by atoms with Crippen LogP contribution in [-0.2, 0) is 16.0 Å². The number of carbonyl (C=O) groups is 1. The van der Waals surface area contributed by atoms with E-state index in [1.54, 1.807) is 7.11 Å². The molecule has 0 spiro atoms. The van der Waals surface area contributed by atoms with E-state index in [2.05, 4.69) is 48.7 Å². The Morgan fingerprint density at radius 3 is 2.45 bits per heavy atom. The van der Waals surface area contributed by atoms with Gasteiger partial charge in [0.2, 0.25) is 5.91 Å². The van der Waals surface area contributed by atoms with Crippen molar-refractivity contribution in [1.82, 2.24) is 10.6 Å². The van der Waals surface area contributed by atoms with Crippen LogP contribution < -0.4 is 10.6 Å². The molecule has 0 radical (unpaired) electrons.